The number of carbonyl (C=O) groups is 1. The van der Waals surface area contributed by atoms with Gasteiger partial charge in [-0.05, 0) is 36.8 Å². The SMILES string of the molecule is CCc1cc2c(cc1OCC1CC1)OCCn1cc(C(=O)O)c(=O)cc1-2. The number of carboxylic acids is 1. The van der Waals surface area contributed by atoms with Gasteiger partial charge in [0.1, 0.15) is 23.7 Å². The number of nitrogens with zero attached hydrogens (tertiary/aromatic N) is 1. The zero-order valence-electron chi connectivity index (χ0n) is 14.7. The molecule has 0 radical (unpaired) electrons. The molecule has 1 aliphatic carbocycles. The molecule has 0 unspecified atom stereocenters. The molecule has 2 aromatic rings. The largest absolute Gasteiger partial charge is 0.493 e. The summed E-state index contributed by atoms with van der Waals surface area (Å²) in [5.41, 5.74) is 1.81. The van der Waals surface area contributed by atoms with Gasteiger partial charge in [-0.25, -0.2) is 4.79 Å². The molecule has 0 bridgehead atoms. The molecule has 2 heterocycles. The van der Waals surface area contributed by atoms with Crippen LogP contribution in [-0.2, 0) is 13.0 Å². The second kappa shape index (κ2) is 6.52. The predicted molar refractivity (Wildman–Crippen MR) is 96.2 cm³/mol. The molecule has 1 fully saturated rings. The molecule has 0 saturated heterocycles. The number of pyridine rings is 1. The third-order valence-corrected chi connectivity index (χ3v) is 4.94. The van der Waals surface area contributed by atoms with E-state index in [2.05, 4.69) is 6.92 Å². The van der Waals surface area contributed by atoms with Crippen LogP contribution in [0.2, 0.25) is 0 Å². The average molecular weight is 355 g/mol. The molecule has 1 aromatic carbocycles. The highest BCUT2D eigenvalue weighted by Crippen LogP contribution is 2.39. The lowest BCUT2D eigenvalue weighted by molar-refractivity contribution is 0.0694. The van der Waals surface area contributed by atoms with E-state index in [-0.39, 0.29) is 5.56 Å². The van der Waals surface area contributed by atoms with Gasteiger partial charge in [-0.15, -0.1) is 0 Å². The molecule has 2 aliphatic rings. The molecule has 4 rings (SSSR count). The van der Waals surface area contributed by atoms with Crippen molar-refractivity contribution in [1.29, 1.82) is 0 Å². The molecular formula is C20H21NO5. The third kappa shape index (κ3) is 3.07. The topological polar surface area (TPSA) is 77.8 Å². The zero-order valence-corrected chi connectivity index (χ0v) is 14.7. The van der Waals surface area contributed by atoms with E-state index in [4.69, 9.17) is 9.47 Å². The second-order valence-electron chi connectivity index (χ2n) is 6.85. The summed E-state index contributed by atoms with van der Waals surface area (Å²) < 4.78 is 13.7. The number of benzene rings is 1. The Morgan fingerprint density at radius 2 is 2.15 bits per heavy atom. The van der Waals surface area contributed by atoms with E-state index >= 15 is 0 Å². The minimum absolute atomic E-state index is 0.225. The lowest BCUT2D eigenvalue weighted by Gasteiger charge is -2.16. The maximum absolute atomic E-state index is 12.2. The van der Waals surface area contributed by atoms with Crippen molar-refractivity contribution in [2.24, 2.45) is 5.92 Å². The van der Waals surface area contributed by atoms with Crippen molar-refractivity contribution in [2.75, 3.05) is 13.2 Å². The minimum atomic E-state index is -1.21. The maximum atomic E-state index is 12.2. The molecule has 1 aliphatic heterocycles. The van der Waals surface area contributed by atoms with Crippen LogP contribution >= 0.6 is 0 Å². The van der Waals surface area contributed by atoms with E-state index in [0.29, 0.717) is 30.5 Å². The van der Waals surface area contributed by atoms with Gasteiger partial charge >= 0.3 is 5.97 Å². The summed E-state index contributed by atoms with van der Waals surface area (Å²) >= 11 is 0. The van der Waals surface area contributed by atoms with Crippen LogP contribution in [0.5, 0.6) is 11.5 Å². The van der Waals surface area contributed by atoms with E-state index < -0.39 is 11.4 Å². The first kappa shape index (κ1) is 16.7. The second-order valence-corrected chi connectivity index (χ2v) is 6.85. The van der Waals surface area contributed by atoms with Gasteiger partial charge in [-0.2, -0.15) is 0 Å². The highest BCUT2D eigenvalue weighted by Gasteiger charge is 2.24. The Kier molecular flexibility index (Phi) is 4.18. The number of aromatic nitrogens is 1. The summed E-state index contributed by atoms with van der Waals surface area (Å²) in [7, 11) is 0. The molecule has 1 aromatic heterocycles. The molecule has 0 atom stereocenters. The molecule has 0 amide bonds. The maximum Gasteiger partial charge on any atom is 0.341 e. The first-order valence-corrected chi connectivity index (χ1v) is 8.97. The van der Waals surface area contributed by atoms with Gasteiger partial charge in [0.15, 0.2) is 5.43 Å². The fourth-order valence-corrected chi connectivity index (χ4v) is 3.23. The van der Waals surface area contributed by atoms with Gasteiger partial charge in [0.05, 0.1) is 18.8 Å². The fraction of sp³-hybridized carbons (Fsp3) is 0.400. The van der Waals surface area contributed by atoms with Gasteiger partial charge in [0.2, 0.25) is 0 Å². The standard InChI is InChI=1S/C20H21NO5/c1-2-13-7-14-16-8-17(22)15(20(23)24)10-21(16)5-6-25-19(14)9-18(13)26-11-12-3-4-12/h7-10,12H,2-6,11H2,1H3,(H,23,24). The Balaban J connectivity index is 1.80. The van der Waals surface area contributed by atoms with E-state index in [9.17, 15) is 14.7 Å². The van der Waals surface area contributed by atoms with Gasteiger partial charge in [-0.3, -0.25) is 4.79 Å². The fourth-order valence-electron chi connectivity index (χ4n) is 3.23. The molecule has 6 nitrogen and oxygen atoms in total. The smallest absolute Gasteiger partial charge is 0.341 e. The molecule has 0 spiro atoms. The van der Waals surface area contributed by atoms with Crippen LogP contribution in [0.4, 0.5) is 0 Å². The Morgan fingerprint density at radius 1 is 1.35 bits per heavy atom. The number of aryl methyl sites for hydroxylation is 1. The van der Waals surface area contributed by atoms with Crippen LogP contribution < -0.4 is 14.9 Å². The Bertz CT molecular complexity index is 927. The quantitative estimate of drug-likeness (QED) is 0.892. The lowest BCUT2D eigenvalue weighted by atomic mass is 10.0. The van der Waals surface area contributed by atoms with Crippen molar-refractivity contribution in [3.8, 4) is 22.8 Å². The van der Waals surface area contributed by atoms with Crippen LogP contribution in [0.25, 0.3) is 11.3 Å². The van der Waals surface area contributed by atoms with E-state index in [1.807, 2.05) is 12.1 Å². The van der Waals surface area contributed by atoms with Gasteiger partial charge < -0.3 is 19.1 Å². The highest BCUT2D eigenvalue weighted by molar-refractivity contribution is 5.87. The molecule has 6 heteroatoms. The monoisotopic (exact) mass is 355 g/mol. The Labute approximate surface area is 151 Å². The van der Waals surface area contributed by atoms with Crippen LogP contribution in [0.15, 0.2) is 29.2 Å². The number of ether oxygens (including phenoxy) is 2. The first-order valence-electron chi connectivity index (χ1n) is 8.97. The van der Waals surface area contributed by atoms with Crippen LogP contribution in [0.3, 0.4) is 0 Å². The normalized spacial score (nSPS) is 15.4. The molecule has 136 valence electrons. The van der Waals surface area contributed by atoms with Crippen LogP contribution in [0.1, 0.15) is 35.7 Å². The molecular weight excluding hydrogens is 334 g/mol. The summed E-state index contributed by atoms with van der Waals surface area (Å²) in [6.07, 6.45) is 4.66. The molecule has 1 saturated carbocycles. The van der Waals surface area contributed by atoms with Crippen molar-refractivity contribution < 1.29 is 19.4 Å². The van der Waals surface area contributed by atoms with Crippen molar-refractivity contribution in [1.82, 2.24) is 4.57 Å². The van der Waals surface area contributed by atoms with Crippen molar-refractivity contribution >= 4 is 5.97 Å². The average Bonchev–Trinajstić information content (AvgIpc) is 3.45. The molecule has 1 N–H and O–H groups in total. The predicted octanol–water partition coefficient (Wildman–Crippen LogP) is 2.96. The highest BCUT2D eigenvalue weighted by atomic mass is 16.5. The summed E-state index contributed by atoms with van der Waals surface area (Å²) in [4.78, 5) is 23.5. The van der Waals surface area contributed by atoms with Crippen molar-refractivity contribution in [3.63, 3.8) is 0 Å². The lowest BCUT2D eigenvalue weighted by Crippen LogP contribution is -2.19. The van der Waals surface area contributed by atoms with Crippen molar-refractivity contribution in [2.45, 2.75) is 32.7 Å². The Morgan fingerprint density at radius 3 is 2.85 bits per heavy atom. The summed E-state index contributed by atoms with van der Waals surface area (Å²) in [6, 6.07) is 5.29. The number of hydrogen-bond acceptors (Lipinski definition) is 4. The van der Waals surface area contributed by atoms with Crippen LogP contribution in [-0.4, -0.2) is 28.9 Å². The van der Waals surface area contributed by atoms with Crippen LogP contribution in [0, 0.1) is 5.92 Å². The summed E-state index contributed by atoms with van der Waals surface area (Å²) in [5, 5.41) is 9.20. The Hall–Kier alpha value is -2.76. The van der Waals surface area contributed by atoms with E-state index in [1.165, 1.54) is 25.1 Å². The van der Waals surface area contributed by atoms with E-state index in [0.717, 1.165) is 29.9 Å². The number of fused-ring (bicyclic) bond motifs is 3. The van der Waals surface area contributed by atoms with Crippen molar-refractivity contribution in [3.05, 3.63) is 45.7 Å². The summed E-state index contributed by atoms with van der Waals surface area (Å²) in [6.45, 7) is 3.66. The van der Waals surface area contributed by atoms with Gasteiger partial charge in [0, 0.05) is 23.9 Å². The first-order chi connectivity index (χ1) is 12.6. The number of hydrogen-bond donors (Lipinski definition) is 1. The zero-order chi connectivity index (χ0) is 18.3. The molecule has 26 heavy (non-hydrogen) atoms. The minimum Gasteiger partial charge on any atom is -0.493 e. The summed E-state index contributed by atoms with van der Waals surface area (Å²) in [5.74, 6) is 0.944. The number of carboxylic acid groups (broad SMARTS) is 1. The number of rotatable bonds is 5. The third-order valence-electron chi connectivity index (χ3n) is 4.94. The van der Waals surface area contributed by atoms with Gasteiger partial charge in [-0.1, -0.05) is 6.92 Å². The van der Waals surface area contributed by atoms with Gasteiger partial charge in [0.25, 0.3) is 0 Å². The van der Waals surface area contributed by atoms with E-state index in [1.54, 1.807) is 4.57 Å². The number of aromatic carboxylic acids is 1.